The van der Waals surface area contributed by atoms with E-state index in [4.69, 9.17) is 4.98 Å². The molecule has 0 N–H and O–H groups in total. The topological polar surface area (TPSA) is 36.4 Å². The van der Waals surface area contributed by atoms with E-state index in [2.05, 4.69) is 4.90 Å². The number of rotatable bonds is 2. The van der Waals surface area contributed by atoms with E-state index < -0.39 is 0 Å². The first-order chi connectivity index (χ1) is 10.2. The molecule has 3 heterocycles. The van der Waals surface area contributed by atoms with Crippen molar-refractivity contribution in [2.24, 2.45) is 0 Å². The molecule has 0 unspecified atom stereocenters. The van der Waals surface area contributed by atoms with Crippen molar-refractivity contribution in [1.29, 1.82) is 0 Å². The number of nitrogens with zero attached hydrogens (tertiary/aromatic N) is 3. The Labute approximate surface area is 127 Å². The fraction of sp³-hybridized carbons (Fsp3) is 0.647. The summed E-state index contributed by atoms with van der Waals surface area (Å²) in [5.74, 6) is 1.10. The Morgan fingerprint density at radius 3 is 2.29 bits per heavy atom. The predicted octanol–water partition coefficient (Wildman–Crippen LogP) is 2.92. The molecule has 0 saturated carbocycles. The van der Waals surface area contributed by atoms with E-state index in [1.807, 2.05) is 24.8 Å². The summed E-state index contributed by atoms with van der Waals surface area (Å²) in [6.07, 6.45) is 5.90. The van der Waals surface area contributed by atoms with Crippen LogP contribution in [0.3, 0.4) is 0 Å². The molecule has 4 heteroatoms. The van der Waals surface area contributed by atoms with Gasteiger partial charge in [-0.2, -0.15) is 0 Å². The third kappa shape index (κ3) is 2.89. The number of aryl methyl sites for hydroxylation is 2. The van der Waals surface area contributed by atoms with Gasteiger partial charge in [0.25, 0.3) is 5.91 Å². The highest BCUT2D eigenvalue weighted by Crippen LogP contribution is 2.28. The number of pyridine rings is 1. The SMILES string of the molecule is Cc1cc(C)c(C(=O)N2CCCCC2)c(N2CCCC2)n1. The number of amides is 1. The maximum atomic E-state index is 13.0. The van der Waals surface area contributed by atoms with Gasteiger partial charge in [-0.3, -0.25) is 4.79 Å². The first kappa shape index (κ1) is 14.4. The standard InChI is InChI=1S/C17H25N3O/c1-13-12-14(2)18-16(19-8-6-7-9-19)15(13)17(21)20-10-4-3-5-11-20/h12H,3-11H2,1-2H3. The second-order valence-corrected chi connectivity index (χ2v) is 6.33. The van der Waals surface area contributed by atoms with Crippen molar-refractivity contribution in [2.45, 2.75) is 46.0 Å². The van der Waals surface area contributed by atoms with E-state index in [1.165, 1.54) is 19.3 Å². The van der Waals surface area contributed by atoms with E-state index in [9.17, 15) is 4.79 Å². The zero-order valence-corrected chi connectivity index (χ0v) is 13.2. The van der Waals surface area contributed by atoms with Gasteiger partial charge in [-0.15, -0.1) is 0 Å². The molecule has 0 aromatic carbocycles. The summed E-state index contributed by atoms with van der Waals surface area (Å²) in [4.78, 5) is 22.0. The Morgan fingerprint density at radius 1 is 1.00 bits per heavy atom. The zero-order chi connectivity index (χ0) is 14.8. The van der Waals surface area contributed by atoms with Gasteiger partial charge in [-0.25, -0.2) is 4.98 Å². The Kier molecular flexibility index (Phi) is 4.13. The summed E-state index contributed by atoms with van der Waals surface area (Å²) in [5, 5.41) is 0. The van der Waals surface area contributed by atoms with Crippen molar-refractivity contribution >= 4 is 11.7 Å². The number of hydrogen-bond acceptors (Lipinski definition) is 3. The lowest BCUT2D eigenvalue weighted by molar-refractivity contribution is 0.0724. The molecule has 0 bridgehead atoms. The average Bonchev–Trinajstić information content (AvgIpc) is 3.01. The molecular weight excluding hydrogens is 262 g/mol. The van der Waals surface area contributed by atoms with Gasteiger partial charge in [0.05, 0.1) is 5.56 Å². The van der Waals surface area contributed by atoms with Crippen LogP contribution in [0.4, 0.5) is 5.82 Å². The van der Waals surface area contributed by atoms with E-state index in [1.54, 1.807) is 0 Å². The number of likely N-dealkylation sites (tertiary alicyclic amines) is 1. The molecule has 0 radical (unpaired) electrons. The molecular formula is C17H25N3O. The van der Waals surface area contributed by atoms with Crippen molar-refractivity contribution in [3.63, 3.8) is 0 Å². The average molecular weight is 287 g/mol. The lowest BCUT2D eigenvalue weighted by Crippen LogP contribution is -2.37. The monoisotopic (exact) mass is 287 g/mol. The Morgan fingerprint density at radius 2 is 1.62 bits per heavy atom. The van der Waals surface area contributed by atoms with Gasteiger partial charge >= 0.3 is 0 Å². The van der Waals surface area contributed by atoms with Crippen LogP contribution in [-0.4, -0.2) is 42.0 Å². The molecule has 2 saturated heterocycles. The molecule has 2 aliphatic rings. The van der Waals surface area contributed by atoms with Crippen molar-refractivity contribution in [3.8, 4) is 0 Å². The van der Waals surface area contributed by atoms with Gasteiger partial charge in [-0.1, -0.05) is 0 Å². The van der Waals surface area contributed by atoms with Gasteiger partial charge in [0.2, 0.25) is 0 Å². The summed E-state index contributed by atoms with van der Waals surface area (Å²) in [7, 11) is 0. The summed E-state index contributed by atoms with van der Waals surface area (Å²) < 4.78 is 0. The fourth-order valence-corrected chi connectivity index (χ4v) is 3.49. The van der Waals surface area contributed by atoms with Crippen LogP contribution < -0.4 is 4.90 Å². The van der Waals surface area contributed by atoms with Crippen LogP contribution in [0.25, 0.3) is 0 Å². The van der Waals surface area contributed by atoms with Crippen molar-refractivity contribution < 1.29 is 4.79 Å². The minimum Gasteiger partial charge on any atom is -0.356 e. The molecule has 0 aliphatic carbocycles. The maximum absolute atomic E-state index is 13.0. The number of hydrogen-bond donors (Lipinski definition) is 0. The van der Waals surface area contributed by atoms with Gasteiger partial charge < -0.3 is 9.80 Å². The number of anilines is 1. The number of piperidine rings is 1. The largest absolute Gasteiger partial charge is 0.356 e. The van der Waals surface area contributed by atoms with Gasteiger partial charge in [0, 0.05) is 31.9 Å². The summed E-state index contributed by atoms with van der Waals surface area (Å²) in [5.41, 5.74) is 2.91. The smallest absolute Gasteiger partial charge is 0.257 e. The number of carbonyl (C=O) groups is 1. The number of carbonyl (C=O) groups excluding carboxylic acids is 1. The molecule has 1 aromatic rings. The zero-order valence-electron chi connectivity index (χ0n) is 13.2. The van der Waals surface area contributed by atoms with Gasteiger partial charge in [0.15, 0.2) is 0 Å². The third-order valence-electron chi connectivity index (χ3n) is 4.59. The van der Waals surface area contributed by atoms with E-state index >= 15 is 0 Å². The van der Waals surface area contributed by atoms with Crippen LogP contribution in [0.5, 0.6) is 0 Å². The second-order valence-electron chi connectivity index (χ2n) is 6.33. The summed E-state index contributed by atoms with van der Waals surface area (Å²) in [6.45, 7) is 7.90. The fourth-order valence-electron chi connectivity index (χ4n) is 3.49. The molecule has 4 nitrogen and oxygen atoms in total. The van der Waals surface area contributed by atoms with Gasteiger partial charge in [0.1, 0.15) is 5.82 Å². The summed E-state index contributed by atoms with van der Waals surface area (Å²) in [6, 6.07) is 2.04. The molecule has 1 aromatic heterocycles. The van der Waals surface area contributed by atoms with Crippen LogP contribution >= 0.6 is 0 Å². The van der Waals surface area contributed by atoms with Crippen molar-refractivity contribution in [3.05, 3.63) is 22.9 Å². The molecule has 3 rings (SSSR count). The highest BCUT2D eigenvalue weighted by molar-refractivity contribution is 6.00. The lowest BCUT2D eigenvalue weighted by Gasteiger charge is -2.29. The lowest BCUT2D eigenvalue weighted by atomic mass is 10.0. The molecule has 2 aliphatic heterocycles. The molecule has 0 spiro atoms. The van der Waals surface area contributed by atoms with E-state index in [0.717, 1.165) is 61.7 Å². The van der Waals surface area contributed by atoms with Crippen LogP contribution in [-0.2, 0) is 0 Å². The molecule has 0 atom stereocenters. The van der Waals surface area contributed by atoms with Crippen LogP contribution in [0.2, 0.25) is 0 Å². The van der Waals surface area contributed by atoms with E-state index in [-0.39, 0.29) is 5.91 Å². The van der Waals surface area contributed by atoms with E-state index in [0.29, 0.717) is 0 Å². The Bertz CT molecular complexity index is 529. The Balaban J connectivity index is 1.97. The summed E-state index contributed by atoms with van der Waals surface area (Å²) >= 11 is 0. The van der Waals surface area contributed by atoms with Crippen LogP contribution in [0.1, 0.15) is 53.7 Å². The first-order valence-electron chi connectivity index (χ1n) is 8.19. The minimum absolute atomic E-state index is 0.182. The normalized spacial score (nSPS) is 19.1. The molecule has 2 fully saturated rings. The second kappa shape index (κ2) is 6.04. The molecule has 21 heavy (non-hydrogen) atoms. The maximum Gasteiger partial charge on any atom is 0.257 e. The minimum atomic E-state index is 0.182. The van der Waals surface area contributed by atoms with Crippen molar-refractivity contribution in [2.75, 3.05) is 31.1 Å². The van der Waals surface area contributed by atoms with Crippen LogP contribution in [0, 0.1) is 13.8 Å². The predicted molar refractivity (Wildman–Crippen MR) is 84.9 cm³/mol. The van der Waals surface area contributed by atoms with Crippen molar-refractivity contribution in [1.82, 2.24) is 9.88 Å². The highest BCUT2D eigenvalue weighted by Gasteiger charge is 2.27. The van der Waals surface area contributed by atoms with Crippen LogP contribution in [0.15, 0.2) is 6.07 Å². The molecule has 114 valence electrons. The van der Waals surface area contributed by atoms with Gasteiger partial charge in [-0.05, 0) is 57.6 Å². The molecule has 1 amide bonds. The first-order valence-corrected chi connectivity index (χ1v) is 8.19. The quantitative estimate of drug-likeness (QED) is 0.839. The highest BCUT2D eigenvalue weighted by atomic mass is 16.2. The third-order valence-corrected chi connectivity index (χ3v) is 4.59. The Hall–Kier alpha value is -1.58. The number of aromatic nitrogens is 1.